The van der Waals surface area contributed by atoms with Crippen LogP contribution in [-0.2, 0) is 16.1 Å². The number of carbonyl (C=O) groups is 2. The number of nitrogens with zero attached hydrogens (tertiary/aromatic N) is 1. The van der Waals surface area contributed by atoms with Gasteiger partial charge in [-0.1, -0.05) is 30.3 Å². The first-order valence-corrected chi connectivity index (χ1v) is 8.36. The first-order valence-electron chi connectivity index (χ1n) is 7.57. The Kier molecular flexibility index (Phi) is 4.32. The van der Waals surface area contributed by atoms with Gasteiger partial charge in [-0.05, 0) is 40.5 Å². The number of phenols is 1. The van der Waals surface area contributed by atoms with Crippen molar-refractivity contribution in [1.82, 2.24) is 0 Å². The molecule has 1 amide bonds. The molecule has 0 spiro atoms. The second kappa shape index (κ2) is 6.28. The lowest BCUT2D eigenvalue weighted by Crippen LogP contribution is -2.38. The first kappa shape index (κ1) is 16.5. The fraction of sp³-hybridized carbons (Fsp3) is 0.222. The van der Waals surface area contributed by atoms with Crippen LogP contribution in [0.2, 0.25) is 0 Å². The summed E-state index contributed by atoms with van der Waals surface area (Å²) in [6.07, 6.45) is 0. The quantitative estimate of drug-likeness (QED) is 0.788. The summed E-state index contributed by atoms with van der Waals surface area (Å²) < 4.78 is 0.484. The van der Waals surface area contributed by atoms with Crippen molar-refractivity contribution in [3.8, 4) is 5.75 Å². The van der Waals surface area contributed by atoms with E-state index in [9.17, 15) is 14.7 Å². The van der Waals surface area contributed by atoms with Crippen molar-refractivity contribution in [2.75, 3.05) is 4.90 Å². The van der Waals surface area contributed by atoms with Crippen molar-refractivity contribution >= 4 is 33.3 Å². The van der Waals surface area contributed by atoms with Gasteiger partial charge in [-0.2, -0.15) is 0 Å². The fourth-order valence-electron chi connectivity index (χ4n) is 3.28. The van der Waals surface area contributed by atoms with Gasteiger partial charge >= 0.3 is 0 Å². The molecule has 0 radical (unpaired) electrons. The number of benzene rings is 2. The SMILES string of the molecule is CC1C(C(=O)C(N)=O)c2c(ccc(Br)c2O)N1Cc1ccccc1. The fourth-order valence-corrected chi connectivity index (χ4v) is 3.63. The Bertz CT molecular complexity index is 807. The molecule has 0 fully saturated rings. The monoisotopic (exact) mass is 388 g/mol. The number of Topliss-reactive ketones (excluding diaryl/α,β-unsaturated/α-hetero) is 1. The van der Waals surface area contributed by atoms with Gasteiger partial charge in [-0.15, -0.1) is 0 Å². The average Bonchev–Trinajstić information content (AvgIpc) is 2.84. The van der Waals surface area contributed by atoms with Gasteiger partial charge in [0.25, 0.3) is 5.91 Å². The van der Waals surface area contributed by atoms with E-state index in [2.05, 4.69) is 15.9 Å². The predicted octanol–water partition coefficient (Wildman–Crippen LogP) is 2.70. The van der Waals surface area contributed by atoms with Gasteiger partial charge in [0, 0.05) is 23.8 Å². The van der Waals surface area contributed by atoms with Crippen LogP contribution in [0.5, 0.6) is 5.75 Å². The van der Waals surface area contributed by atoms with E-state index in [1.807, 2.05) is 48.2 Å². The highest BCUT2D eigenvalue weighted by Gasteiger charge is 2.43. The van der Waals surface area contributed by atoms with Crippen molar-refractivity contribution in [3.63, 3.8) is 0 Å². The number of fused-ring (bicyclic) bond motifs is 1. The number of primary amides is 1. The molecule has 124 valence electrons. The zero-order valence-corrected chi connectivity index (χ0v) is 14.7. The maximum absolute atomic E-state index is 12.4. The standard InChI is InChI=1S/C18H17BrN2O3/c1-10-14(17(23)18(20)24)15-13(8-7-12(19)16(15)22)21(10)9-11-5-3-2-4-6-11/h2-8,10,14,22H,9H2,1H3,(H2,20,24). The van der Waals surface area contributed by atoms with E-state index in [-0.39, 0.29) is 11.8 Å². The van der Waals surface area contributed by atoms with Crippen LogP contribution in [0, 0.1) is 0 Å². The van der Waals surface area contributed by atoms with Crippen LogP contribution in [0.1, 0.15) is 24.0 Å². The molecule has 5 nitrogen and oxygen atoms in total. The Hall–Kier alpha value is -2.34. The van der Waals surface area contributed by atoms with Crippen LogP contribution in [0.15, 0.2) is 46.9 Å². The lowest BCUT2D eigenvalue weighted by Gasteiger charge is -2.26. The molecule has 1 aliphatic rings. The molecule has 0 aliphatic carbocycles. The van der Waals surface area contributed by atoms with Crippen LogP contribution in [0.3, 0.4) is 0 Å². The van der Waals surface area contributed by atoms with E-state index >= 15 is 0 Å². The van der Waals surface area contributed by atoms with E-state index < -0.39 is 17.6 Å². The topological polar surface area (TPSA) is 83.6 Å². The highest BCUT2D eigenvalue weighted by atomic mass is 79.9. The molecule has 2 unspecified atom stereocenters. The lowest BCUT2D eigenvalue weighted by molar-refractivity contribution is -0.137. The predicted molar refractivity (Wildman–Crippen MR) is 94.8 cm³/mol. The average molecular weight is 389 g/mol. The maximum Gasteiger partial charge on any atom is 0.285 e. The summed E-state index contributed by atoms with van der Waals surface area (Å²) in [6.45, 7) is 2.43. The van der Waals surface area contributed by atoms with E-state index in [1.54, 1.807) is 6.07 Å². The largest absolute Gasteiger partial charge is 0.506 e. The highest BCUT2D eigenvalue weighted by Crippen LogP contribution is 2.49. The van der Waals surface area contributed by atoms with Crippen LogP contribution < -0.4 is 10.6 Å². The van der Waals surface area contributed by atoms with E-state index in [1.165, 1.54) is 0 Å². The highest BCUT2D eigenvalue weighted by molar-refractivity contribution is 9.10. The number of hydrogen-bond donors (Lipinski definition) is 2. The zero-order valence-electron chi connectivity index (χ0n) is 13.1. The Morgan fingerprint density at radius 2 is 1.88 bits per heavy atom. The van der Waals surface area contributed by atoms with E-state index in [0.717, 1.165) is 11.3 Å². The minimum Gasteiger partial charge on any atom is -0.506 e. The van der Waals surface area contributed by atoms with Crippen molar-refractivity contribution in [3.05, 3.63) is 58.1 Å². The van der Waals surface area contributed by atoms with Gasteiger partial charge in [0.05, 0.1) is 10.4 Å². The normalized spacial score (nSPS) is 19.2. The summed E-state index contributed by atoms with van der Waals surface area (Å²) >= 11 is 3.27. The molecule has 0 bridgehead atoms. The van der Waals surface area contributed by atoms with Gasteiger partial charge in [-0.3, -0.25) is 9.59 Å². The van der Waals surface area contributed by atoms with Crippen LogP contribution in [-0.4, -0.2) is 22.8 Å². The minimum absolute atomic E-state index is 0.0190. The van der Waals surface area contributed by atoms with Crippen LogP contribution >= 0.6 is 15.9 Å². The van der Waals surface area contributed by atoms with Crippen LogP contribution in [0.4, 0.5) is 5.69 Å². The zero-order chi connectivity index (χ0) is 17.4. The molecule has 3 rings (SSSR count). The molecule has 2 aromatic rings. The molecule has 2 atom stereocenters. The second-order valence-corrected chi connectivity index (χ2v) is 6.74. The molecular weight excluding hydrogens is 372 g/mol. The smallest absolute Gasteiger partial charge is 0.285 e. The third-order valence-electron chi connectivity index (χ3n) is 4.46. The number of hydrogen-bond acceptors (Lipinski definition) is 4. The van der Waals surface area contributed by atoms with Crippen LogP contribution in [0.25, 0.3) is 0 Å². The maximum atomic E-state index is 12.4. The first-order chi connectivity index (χ1) is 11.4. The van der Waals surface area contributed by atoms with E-state index in [4.69, 9.17) is 5.73 Å². The van der Waals surface area contributed by atoms with Gasteiger partial charge in [0.2, 0.25) is 5.78 Å². The van der Waals surface area contributed by atoms with Crippen molar-refractivity contribution < 1.29 is 14.7 Å². The summed E-state index contributed by atoms with van der Waals surface area (Å²) in [7, 11) is 0. The van der Waals surface area contributed by atoms with Gasteiger partial charge in [-0.25, -0.2) is 0 Å². The number of anilines is 1. The molecule has 1 aliphatic heterocycles. The van der Waals surface area contributed by atoms with Gasteiger partial charge in [0.1, 0.15) is 5.75 Å². The number of halogens is 1. The number of nitrogens with two attached hydrogens (primary N) is 1. The Labute approximate surface area is 148 Å². The molecule has 6 heteroatoms. The van der Waals surface area contributed by atoms with Crippen molar-refractivity contribution in [2.45, 2.75) is 25.4 Å². The molecule has 1 heterocycles. The molecular formula is C18H17BrN2O3. The van der Waals surface area contributed by atoms with Gasteiger partial charge < -0.3 is 15.7 Å². The molecule has 0 saturated heterocycles. The number of ketones is 1. The number of carbonyl (C=O) groups excluding carboxylic acids is 2. The number of phenolic OH excluding ortho intramolecular Hbond substituents is 1. The lowest BCUT2D eigenvalue weighted by atomic mass is 9.90. The Balaban J connectivity index is 2.09. The van der Waals surface area contributed by atoms with E-state index in [0.29, 0.717) is 16.6 Å². The summed E-state index contributed by atoms with van der Waals surface area (Å²) in [4.78, 5) is 25.8. The molecule has 3 N–H and O–H groups in total. The number of aromatic hydroxyl groups is 1. The third-order valence-corrected chi connectivity index (χ3v) is 5.10. The second-order valence-electron chi connectivity index (χ2n) is 5.89. The van der Waals surface area contributed by atoms with Crippen molar-refractivity contribution in [2.24, 2.45) is 5.73 Å². The molecule has 0 saturated carbocycles. The Morgan fingerprint density at radius 3 is 2.50 bits per heavy atom. The molecule has 0 aromatic heterocycles. The minimum atomic E-state index is -0.987. The molecule has 24 heavy (non-hydrogen) atoms. The summed E-state index contributed by atoms with van der Waals surface area (Å²) in [5.74, 6) is -2.47. The summed E-state index contributed by atoms with van der Waals surface area (Å²) in [5.41, 5.74) is 7.49. The summed E-state index contributed by atoms with van der Waals surface area (Å²) in [5, 5.41) is 10.4. The van der Waals surface area contributed by atoms with Gasteiger partial charge in [0.15, 0.2) is 0 Å². The number of rotatable bonds is 4. The van der Waals surface area contributed by atoms with Crippen molar-refractivity contribution in [1.29, 1.82) is 0 Å². The molecule has 2 aromatic carbocycles. The number of amides is 1. The Morgan fingerprint density at radius 1 is 1.21 bits per heavy atom. The third kappa shape index (κ3) is 2.67. The summed E-state index contributed by atoms with van der Waals surface area (Å²) in [6, 6.07) is 13.1.